The molecule has 0 radical (unpaired) electrons. The van der Waals surface area contributed by atoms with Crippen molar-refractivity contribution < 1.29 is 4.74 Å². The van der Waals surface area contributed by atoms with Crippen molar-refractivity contribution in [2.75, 3.05) is 16.5 Å². The first-order valence-corrected chi connectivity index (χ1v) is 24.1. The third-order valence-electron chi connectivity index (χ3n) is 13.8. The molecule has 2 aromatic heterocycles. The maximum absolute atomic E-state index is 6.83. The number of ether oxygens (including phenoxy) is 1. The second-order valence-electron chi connectivity index (χ2n) is 19.3. The Morgan fingerprint density at radius 3 is 1.80 bits per heavy atom. The highest BCUT2D eigenvalue weighted by atomic mass is 16.5. The fourth-order valence-electron chi connectivity index (χ4n) is 10.3. The molecule has 9 aromatic carbocycles. The number of nitrogens with zero attached hydrogens (tertiary/aromatic N) is 4. The molecular formula is C65H52N4O. The summed E-state index contributed by atoms with van der Waals surface area (Å²) in [6.45, 7) is 9.58. The molecule has 338 valence electrons. The van der Waals surface area contributed by atoms with E-state index in [1.807, 2.05) is 18.3 Å². The zero-order chi connectivity index (χ0) is 47.3. The molecule has 11 aromatic rings. The van der Waals surface area contributed by atoms with E-state index in [-0.39, 0.29) is 5.41 Å². The molecule has 0 atom stereocenters. The molecule has 5 heteroatoms. The summed E-state index contributed by atoms with van der Waals surface area (Å²) in [6.07, 6.45) is 2.00. The van der Waals surface area contributed by atoms with Gasteiger partial charge in [0.1, 0.15) is 24.0 Å². The predicted molar refractivity (Wildman–Crippen MR) is 292 cm³/mol. The van der Waals surface area contributed by atoms with Crippen molar-refractivity contribution >= 4 is 44.6 Å². The molecule has 5 nitrogen and oxygen atoms in total. The maximum atomic E-state index is 6.83. The highest BCUT2D eigenvalue weighted by Crippen LogP contribution is 2.51. The van der Waals surface area contributed by atoms with Crippen molar-refractivity contribution in [3.63, 3.8) is 0 Å². The van der Waals surface area contributed by atoms with Gasteiger partial charge in [0, 0.05) is 51.5 Å². The van der Waals surface area contributed by atoms with Gasteiger partial charge in [-0.05, 0) is 106 Å². The van der Waals surface area contributed by atoms with Crippen LogP contribution >= 0.6 is 0 Å². The van der Waals surface area contributed by atoms with Gasteiger partial charge >= 0.3 is 0 Å². The standard InChI is InChI=1S/C65H52N4O/c1-44-38-63(66-42-58(44)46-20-9-6-10-21-46)69-59-29-12-11-26-56(59)57-37-36-53(41-62(57)69)70-52-25-16-24-51(40-52)67-43-68(61-31-14-13-30-60(61)67)64-54(47-32-34-50(35-33-47)65(2,3)4)27-17-28-55(64)49-23-15-22-48(39-49)45-18-7-5-8-19-45/h5-42H,43H2,1-4H3. The Morgan fingerprint density at radius 2 is 1.04 bits per heavy atom. The summed E-state index contributed by atoms with van der Waals surface area (Å²) >= 11 is 0. The van der Waals surface area contributed by atoms with Gasteiger partial charge in [0.25, 0.3) is 0 Å². The summed E-state index contributed by atoms with van der Waals surface area (Å²) < 4.78 is 9.09. The van der Waals surface area contributed by atoms with Crippen LogP contribution in [0.25, 0.3) is 72.1 Å². The van der Waals surface area contributed by atoms with Crippen LogP contribution in [0.15, 0.2) is 231 Å². The topological polar surface area (TPSA) is 33.5 Å². The second-order valence-corrected chi connectivity index (χ2v) is 19.3. The van der Waals surface area contributed by atoms with Crippen LogP contribution in [0.5, 0.6) is 11.5 Å². The van der Waals surface area contributed by atoms with E-state index in [2.05, 4.69) is 254 Å². The molecular weight excluding hydrogens is 853 g/mol. The molecule has 1 aliphatic heterocycles. The average molecular weight is 905 g/mol. The fourth-order valence-corrected chi connectivity index (χ4v) is 10.3. The molecule has 0 unspecified atom stereocenters. The predicted octanol–water partition coefficient (Wildman–Crippen LogP) is 17.5. The van der Waals surface area contributed by atoms with Crippen molar-refractivity contribution in [1.82, 2.24) is 9.55 Å². The van der Waals surface area contributed by atoms with Crippen molar-refractivity contribution in [3.05, 3.63) is 242 Å². The molecule has 3 heterocycles. The normalized spacial score (nSPS) is 12.5. The minimum absolute atomic E-state index is 0.0487. The van der Waals surface area contributed by atoms with Crippen molar-refractivity contribution in [2.24, 2.45) is 0 Å². The average Bonchev–Trinajstić information content (AvgIpc) is 3.95. The minimum Gasteiger partial charge on any atom is -0.457 e. The van der Waals surface area contributed by atoms with Crippen molar-refractivity contribution in [3.8, 4) is 61.8 Å². The number of benzene rings is 9. The van der Waals surface area contributed by atoms with Crippen LogP contribution in [-0.4, -0.2) is 16.2 Å². The number of aryl methyl sites for hydroxylation is 1. The van der Waals surface area contributed by atoms with Crippen LogP contribution in [0.4, 0.5) is 22.7 Å². The number of rotatable bonds is 9. The summed E-state index contributed by atoms with van der Waals surface area (Å²) in [5.74, 6) is 2.38. The second kappa shape index (κ2) is 17.4. The zero-order valence-corrected chi connectivity index (χ0v) is 39.8. The highest BCUT2D eigenvalue weighted by Gasteiger charge is 2.32. The van der Waals surface area contributed by atoms with E-state index in [0.717, 1.165) is 61.9 Å². The SMILES string of the molecule is Cc1cc(-n2c3ccccc3c3ccc(Oc4cccc(N5CN(c6c(-c7ccc(C(C)(C)C)cc7)cccc6-c6cccc(-c7ccccc7)c6)c6ccccc65)c4)cc32)ncc1-c1ccccc1. The fraction of sp³-hybridized carbons (Fsp3) is 0.0923. The number of hydrogen-bond donors (Lipinski definition) is 0. The molecule has 0 fully saturated rings. The Kier molecular flexibility index (Phi) is 10.6. The van der Waals surface area contributed by atoms with Gasteiger partial charge in [-0.2, -0.15) is 0 Å². The summed E-state index contributed by atoms with van der Waals surface area (Å²) in [5, 5.41) is 2.32. The number of para-hydroxylation sites is 4. The van der Waals surface area contributed by atoms with E-state index in [9.17, 15) is 0 Å². The first kappa shape index (κ1) is 42.7. The molecule has 0 saturated heterocycles. The smallest absolute Gasteiger partial charge is 0.137 e. The van der Waals surface area contributed by atoms with E-state index < -0.39 is 0 Å². The Hall–Kier alpha value is -8.67. The van der Waals surface area contributed by atoms with Gasteiger partial charge in [-0.15, -0.1) is 0 Å². The lowest BCUT2D eigenvalue weighted by atomic mass is 9.85. The third-order valence-corrected chi connectivity index (χ3v) is 13.8. The van der Waals surface area contributed by atoms with E-state index >= 15 is 0 Å². The molecule has 0 N–H and O–H groups in total. The molecule has 0 saturated carbocycles. The number of pyridine rings is 1. The van der Waals surface area contributed by atoms with E-state index in [1.54, 1.807) is 0 Å². The van der Waals surface area contributed by atoms with Gasteiger partial charge in [0.05, 0.1) is 28.1 Å². The van der Waals surface area contributed by atoms with E-state index in [0.29, 0.717) is 6.67 Å². The highest BCUT2D eigenvalue weighted by molar-refractivity contribution is 6.09. The lowest BCUT2D eigenvalue weighted by Gasteiger charge is -2.28. The van der Waals surface area contributed by atoms with Gasteiger partial charge < -0.3 is 14.5 Å². The minimum atomic E-state index is 0.0487. The first-order chi connectivity index (χ1) is 34.2. The van der Waals surface area contributed by atoms with Gasteiger partial charge in [-0.1, -0.05) is 178 Å². The van der Waals surface area contributed by atoms with Gasteiger partial charge in [0.2, 0.25) is 0 Å². The van der Waals surface area contributed by atoms with Crippen LogP contribution in [-0.2, 0) is 5.41 Å². The van der Waals surface area contributed by atoms with Crippen LogP contribution in [0.1, 0.15) is 31.9 Å². The summed E-state index contributed by atoms with van der Waals surface area (Å²) in [7, 11) is 0. The monoisotopic (exact) mass is 904 g/mol. The van der Waals surface area contributed by atoms with Crippen LogP contribution in [0.3, 0.4) is 0 Å². The lowest BCUT2D eigenvalue weighted by Crippen LogP contribution is -2.25. The van der Waals surface area contributed by atoms with Gasteiger partial charge in [-0.3, -0.25) is 4.57 Å². The Bertz CT molecular complexity index is 3720. The van der Waals surface area contributed by atoms with Gasteiger partial charge in [0.15, 0.2) is 0 Å². The molecule has 0 aliphatic carbocycles. The Labute approximate surface area is 410 Å². The lowest BCUT2D eigenvalue weighted by molar-refractivity contribution is 0.483. The molecule has 12 rings (SSSR count). The Balaban J connectivity index is 0.919. The number of hydrogen-bond acceptors (Lipinski definition) is 4. The van der Waals surface area contributed by atoms with Crippen LogP contribution in [0.2, 0.25) is 0 Å². The van der Waals surface area contributed by atoms with Crippen LogP contribution < -0.4 is 14.5 Å². The quantitative estimate of drug-likeness (QED) is 0.144. The summed E-state index contributed by atoms with van der Waals surface area (Å²) in [6, 6.07) is 80.4. The van der Waals surface area contributed by atoms with Crippen molar-refractivity contribution in [2.45, 2.75) is 33.1 Å². The largest absolute Gasteiger partial charge is 0.457 e. The Morgan fingerprint density at radius 1 is 0.443 bits per heavy atom. The molecule has 0 amide bonds. The third kappa shape index (κ3) is 7.76. The summed E-state index contributed by atoms with van der Waals surface area (Å²) in [4.78, 5) is 9.96. The van der Waals surface area contributed by atoms with Crippen LogP contribution in [0, 0.1) is 6.92 Å². The number of fused-ring (bicyclic) bond motifs is 4. The van der Waals surface area contributed by atoms with Gasteiger partial charge in [-0.25, -0.2) is 4.98 Å². The summed E-state index contributed by atoms with van der Waals surface area (Å²) in [5.41, 5.74) is 18.5. The number of anilines is 4. The zero-order valence-electron chi connectivity index (χ0n) is 39.8. The maximum Gasteiger partial charge on any atom is 0.137 e. The first-order valence-electron chi connectivity index (χ1n) is 24.1. The van der Waals surface area contributed by atoms with E-state index in [1.165, 1.54) is 55.6 Å². The van der Waals surface area contributed by atoms with E-state index in [4.69, 9.17) is 9.72 Å². The molecule has 70 heavy (non-hydrogen) atoms. The molecule has 1 aliphatic rings. The van der Waals surface area contributed by atoms with Crippen molar-refractivity contribution in [1.29, 1.82) is 0 Å². The number of aromatic nitrogens is 2. The molecule has 0 spiro atoms. The molecule has 0 bridgehead atoms.